The monoisotopic (exact) mass is 323 g/mol. The second kappa shape index (κ2) is 4.71. The third kappa shape index (κ3) is 1.95. The van der Waals surface area contributed by atoms with Crippen LogP contribution in [0, 0.1) is 0 Å². The van der Waals surface area contributed by atoms with Crippen LogP contribution in [-0.2, 0) is 6.42 Å². The quantitative estimate of drug-likeness (QED) is 0.608. The fraction of sp³-hybridized carbons (Fsp3) is 0.167. The van der Waals surface area contributed by atoms with Gasteiger partial charge in [-0.05, 0) is 48.2 Å². The summed E-state index contributed by atoms with van der Waals surface area (Å²) in [4.78, 5) is 4.92. The number of nitrogens with zero attached hydrogens (tertiary/aromatic N) is 1. The van der Waals surface area contributed by atoms with Gasteiger partial charge in [-0.2, -0.15) is 0 Å². The molecular weight excluding hydrogens is 310 g/mol. The van der Waals surface area contributed by atoms with E-state index in [9.17, 15) is 0 Å². The SMILES string of the molecule is Brc1ccc(C2CCc3cc4ccccc4nc32)cc1. The molecule has 20 heavy (non-hydrogen) atoms. The molecule has 2 heteroatoms. The second-order valence-electron chi connectivity index (χ2n) is 5.37. The Kier molecular flexibility index (Phi) is 2.85. The van der Waals surface area contributed by atoms with E-state index < -0.39 is 0 Å². The number of hydrogen-bond acceptors (Lipinski definition) is 1. The van der Waals surface area contributed by atoms with Gasteiger partial charge in [0.2, 0.25) is 0 Å². The van der Waals surface area contributed by atoms with Crippen molar-refractivity contribution < 1.29 is 0 Å². The van der Waals surface area contributed by atoms with Crippen LogP contribution < -0.4 is 0 Å². The highest BCUT2D eigenvalue weighted by Gasteiger charge is 2.25. The largest absolute Gasteiger partial charge is 0.252 e. The van der Waals surface area contributed by atoms with Crippen molar-refractivity contribution in [2.24, 2.45) is 0 Å². The Morgan fingerprint density at radius 1 is 1.00 bits per heavy atom. The molecule has 0 bridgehead atoms. The molecule has 2 aromatic carbocycles. The molecule has 1 nitrogen and oxygen atoms in total. The van der Waals surface area contributed by atoms with Gasteiger partial charge >= 0.3 is 0 Å². The van der Waals surface area contributed by atoms with Gasteiger partial charge in [0.1, 0.15) is 0 Å². The zero-order chi connectivity index (χ0) is 13.5. The minimum atomic E-state index is 0.447. The molecular formula is C18H14BrN. The van der Waals surface area contributed by atoms with Gasteiger partial charge in [0.25, 0.3) is 0 Å². The van der Waals surface area contributed by atoms with Crippen LogP contribution in [0.15, 0.2) is 59.1 Å². The van der Waals surface area contributed by atoms with Crippen LogP contribution in [0.25, 0.3) is 10.9 Å². The maximum Gasteiger partial charge on any atom is 0.0705 e. The number of hydrogen-bond donors (Lipinski definition) is 0. The highest BCUT2D eigenvalue weighted by molar-refractivity contribution is 9.10. The summed E-state index contributed by atoms with van der Waals surface area (Å²) in [6.45, 7) is 0. The van der Waals surface area contributed by atoms with Crippen LogP contribution in [-0.4, -0.2) is 4.98 Å². The molecule has 0 aliphatic heterocycles. The number of aromatic nitrogens is 1. The van der Waals surface area contributed by atoms with Crippen molar-refractivity contribution in [2.45, 2.75) is 18.8 Å². The summed E-state index contributed by atoms with van der Waals surface area (Å²) in [6.07, 6.45) is 2.30. The Morgan fingerprint density at radius 3 is 2.65 bits per heavy atom. The topological polar surface area (TPSA) is 12.9 Å². The van der Waals surface area contributed by atoms with E-state index in [1.807, 2.05) is 0 Å². The minimum Gasteiger partial charge on any atom is -0.252 e. The lowest BCUT2D eigenvalue weighted by molar-refractivity contribution is 0.774. The highest BCUT2D eigenvalue weighted by atomic mass is 79.9. The lowest BCUT2D eigenvalue weighted by Gasteiger charge is -2.12. The van der Waals surface area contributed by atoms with E-state index in [1.54, 1.807) is 0 Å². The highest BCUT2D eigenvalue weighted by Crippen LogP contribution is 2.38. The van der Waals surface area contributed by atoms with Crippen LogP contribution in [0.2, 0.25) is 0 Å². The third-order valence-electron chi connectivity index (χ3n) is 4.14. The molecule has 1 heterocycles. The molecule has 1 unspecified atom stereocenters. The summed E-state index contributed by atoms with van der Waals surface area (Å²) in [5, 5.41) is 1.25. The second-order valence-corrected chi connectivity index (χ2v) is 6.28. The summed E-state index contributed by atoms with van der Waals surface area (Å²) in [7, 11) is 0. The van der Waals surface area contributed by atoms with Crippen molar-refractivity contribution in [3.05, 3.63) is 75.9 Å². The van der Waals surface area contributed by atoms with Gasteiger partial charge in [0.15, 0.2) is 0 Å². The van der Waals surface area contributed by atoms with E-state index >= 15 is 0 Å². The zero-order valence-electron chi connectivity index (χ0n) is 11.0. The third-order valence-corrected chi connectivity index (χ3v) is 4.67. The van der Waals surface area contributed by atoms with E-state index in [0.29, 0.717) is 5.92 Å². The molecule has 4 rings (SSSR count). The van der Waals surface area contributed by atoms with E-state index in [0.717, 1.165) is 16.4 Å². The Bertz CT molecular complexity index is 777. The Hall–Kier alpha value is -1.67. The smallest absolute Gasteiger partial charge is 0.0705 e. The van der Waals surface area contributed by atoms with Gasteiger partial charge in [-0.25, -0.2) is 0 Å². The van der Waals surface area contributed by atoms with Crippen molar-refractivity contribution in [3.63, 3.8) is 0 Å². The number of pyridine rings is 1. The fourth-order valence-electron chi connectivity index (χ4n) is 3.13. The molecule has 1 aromatic heterocycles. The zero-order valence-corrected chi connectivity index (χ0v) is 12.6. The maximum absolute atomic E-state index is 4.92. The van der Waals surface area contributed by atoms with Crippen molar-refractivity contribution in [3.8, 4) is 0 Å². The molecule has 1 aliphatic rings. The standard InChI is InChI=1S/C18H14BrN/c19-15-8-5-12(6-9-15)16-10-7-14-11-13-3-1-2-4-17(13)20-18(14)16/h1-6,8-9,11,16H,7,10H2. The Balaban J connectivity index is 1.84. The van der Waals surface area contributed by atoms with Crippen molar-refractivity contribution in [2.75, 3.05) is 0 Å². The molecule has 0 fully saturated rings. The van der Waals surface area contributed by atoms with Crippen LogP contribution in [0.1, 0.15) is 29.2 Å². The molecule has 98 valence electrons. The molecule has 1 atom stereocenters. The molecule has 1 aliphatic carbocycles. The molecule has 0 spiro atoms. The lowest BCUT2D eigenvalue weighted by atomic mass is 9.96. The molecule has 0 radical (unpaired) electrons. The number of rotatable bonds is 1. The van der Waals surface area contributed by atoms with Gasteiger partial charge < -0.3 is 0 Å². The van der Waals surface area contributed by atoms with E-state index in [1.165, 1.54) is 28.6 Å². The maximum atomic E-state index is 4.92. The Morgan fingerprint density at radius 2 is 1.80 bits per heavy atom. The summed E-state index contributed by atoms with van der Waals surface area (Å²) < 4.78 is 1.13. The predicted molar refractivity (Wildman–Crippen MR) is 86.0 cm³/mol. The summed E-state index contributed by atoms with van der Waals surface area (Å²) in [6, 6.07) is 19.4. The lowest BCUT2D eigenvalue weighted by Crippen LogP contribution is -1.99. The first-order valence-electron chi connectivity index (χ1n) is 6.95. The van der Waals surface area contributed by atoms with Crippen molar-refractivity contribution >= 4 is 26.8 Å². The van der Waals surface area contributed by atoms with Crippen molar-refractivity contribution in [1.29, 1.82) is 0 Å². The molecule has 0 N–H and O–H groups in total. The van der Waals surface area contributed by atoms with Gasteiger partial charge in [-0.15, -0.1) is 0 Å². The van der Waals surface area contributed by atoms with Crippen LogP contribution >= 0.6 is 15.9 Å². The summed E-state index contributed by atoms with van der Waals surface area (Å²) in [5.74, 6) is 0.447. The average molecular weight is 324 g/mol. The first kappa shape index (κ1) is 12.1. The predicted octanol–water partition coefficient (Wildman–Crippen LogP) is 5.08. The first-order valence-corrected chi connectivity index (χ1v) is 7.74. The van der Waals surface area contributed by atoms with Gasteiger partial charge in [0.05, 0.1) is 11.2 Å². The van der Waals surface area contributed by atoms with Crippen LogP contribution in [0.5, 0.6) is 0 Å². The number of aryl methyl sites for hydroxylation is 1. The minimum absolute atomic E-state index is 0.447. The molecule has 3 aromatic rings. The van der Waals surface area contributed by atoms with Crippen LogP contribution in [0.4, 0.5) is 0 Å². The van der Waals surface area contributed by atoms with E-state index in [4.69, 9.17) is 4.98 Å². The summed E-state index contributed by atoms with van der Waals surface area (Å²) >= 11 is 3.50. The van der Waals surface area contributed by atoms with E-state index in [2.05, 4.69) is 70.5 Å². The van der Waals surface area contributed by atoms with Gasteiger partial charge in [-0.1, -0.05) is 46.3 Å². The average Bonchev–Trinajstić information content (AvgIpc) is 2.88. The number of para-hydroxylation sites is 1. The Labute approximate surface area is 126 Å². The molecule has 0 saturated heterocycles. The molecule has 0 saturated carbocycles. The number of fused-ring (bicyclic) bond motifs is 2. The summed E-state index contributed by atoms with van der Waals surface area (Å²) in [5.41, 5.74) is 5.16. The van der Waals surface area contributed by atoms with Crippen LogP contribution in [0.3, 0.4) is 0 Å². The first-order chi connectivity index (χ1) is 9.81. The normalized spacial score (nSPS) is 17.4. The molecule has 0 amide bonds. The number of halogens is 1. The van der Waals surface area contributed by atoms with Gasteiger partial charge in [-0.3, -0.25) is 4.98 Å². The van der Waals surface area contributed by atoms with Crippen molar-refractivity contribution in [1.82, 2.24) is 4.98 Å². The van der Waals surface area contributed by atoms with E-state index in [-0.39, 0.29) is 0 Å². The van der Waals surface area contributed by atoms with Gasteiger partial charge in [0, 0.05) is 15.8 Å². The fourth-order valence-corrected chi connectivity index (χ4v) is 3.40. The number of benzene rings is 2.